The lowest BCUT2D eigenvalue weighted by atomic mass is 9.87. The molecule has 1 rings (SSSR count). The Bertz CT molecular complexity index is 203. The first-order valence-corrected chi connectivity index (χ1v) is 6.40. The Morgan fingerprint density at radius 3 is 2.27 bits per heavy atom. The van der Waals surface area contributed by atoms with Crippen molar-refractivity contribution in [3.05, 3.63) is 0 Å². The second kappa shape index (κ2) is 5.53. The average Bonchev–Trinajstić information content (AvgIpc) is 2.68. The molecule has 0 aromatic carbocycles. The Hall–Kier alpha value is -0.530. The minimum atomic E-state index is -0.0635. The Morgan fingerprint density at radius 2 is 1.80 bits per heavy atom. The molecule has 1 amide bonds. The quantitative estimate of drug-likeness (QED) is 0.743. The summed E-state index contributed by atoms with van der Waals surface area (Å²) in [6.07, 6.45) is 6.90. The van der Waals surface area contributed by atoms with Crippen molar-refractivity contribution in [3.63, 3.8) is 0 Å². The standard InChI is InChI=1S/C13H25NO/c1-4-11(5-2)10-14-12(15)13(3)8-6-7-9-13/h11H,4-10H2,1-3H3,(H,14,15). The highest BCUT2D eigenvalue weighted by Crippen LogP contribution is 2.37. The van der Waals surface area contributed by atoms with E-state index in [1.54, 1.807) is 0 Å². The molecule has 0 aromatic rings. The molecule has 1 saturated carbocycles. The summed E-state index contributed by atoms with van der Waals surface area (Å²) in [5, 5.41) is 3.13. The zero-order chi connectivity index (χ0) is 11.3. The summed E-state index contributed by atoms with van der Waals surface area (Å²) >= 11 is 0. The van der Waals surface area contributed by atoms with E-state index in [-0.39, 0.29) is 11.3 Å². The van der Waals surface area contributed by atoms with Crippen LogP contribution in [0.25, 0.3) is 0 Å². The Labute approximate surface area is 93.8 Å². The van der Waals surface area contributed by atoms with Gasteiger partial charge in [0.25, 0.3) is 0 Å². The van der Waals surface area contributed by atoms with E-state index in [0.717, 1.165) is 32.2 Å². The van der Waals surface area contributed by atoms with Crippen LogP contribution in [-0.4, -0.2) is 12.5 Å². The average molecular weight is 211 g/mol. The number of carbonyl (C=O) groups is 1. The van der Waals surface area contributed by atoms with E-state index in [1.165, 1.54) is 12.8 Å². The molecule has 0 radical (unpaired) electrons. The van der Waals surface area contributed by atoms with Crippen LogP contribution >= 0.6 is 0 Å². The molecule has 0 unspecified atom stereocenters. The molecular formula is C13H25NO. The molecule has 2 heteroatoms. The third kappa shape index (κ3) is 3.22. The monoisotopic (exact) mass is 211 g/mol. The van der Waals surface area contributed by atoms with Gasteiger partial charge < -0.3 is 5.32 Å². The number of hydrogen-bond donors (Lipinski definition) is 1. The fraction of sp³-hybridized carbons (Fsp3) is 0.923. The van der Waals surface area contributed by atoms with Crippen LogP contribution in [0.4, 0.5) is 0 Å². The van der Waals surface area contributed by atoms with Crippen molar-refractivity contribution >= 4 is 5.91 Å². The Morgan fingerprint density at radius 1 is 1.27 bits per heavy atom. The third-order valence-electron chi connectivity index (χ3n) is 3.96. The summed E-state index contributed by atoms with van der Waals surface area (Å²) in [5.74, 6) is 0.936. The van der Waals surface area contributed by atoms with Gasteiger partial charge in [-0.25, -0.2) is 0 Å². The second-order valence-corrected chi connectivity index (χ2v) is 5.16. The van der Waals surface area contributed by atoms with Crippen LogP contribution < -0.4 is 5.32 Å². The predicted molar refractivity (Wildman–Crippen MR) is 63.7 cm³/mol. The summed E-state index contributed by atoms with van der Waals surface area (Å²) in [7, 11) is 0. The summed E-state index contributed by atoms with van der Waals surface area (Å²) in [4.78, 5) is 12.0. The SMILES string of the molecule is CCC(CC)CNC(=O)C1(C)CCCC1. The maximum atomic E-state index is 12.0. The second-order valence-electron chi connectivity index (χ2n) is 5.16. The van der Waals surface area contributed by atoms with Gasteiger partial charge in [0.05, 0.1) is 0 Å². The predicted octanol–water partition coefficient (Wildman–Crippen LogP) is 3.12. The maximum Gasteiger partial charge on any atom is 0.225 e. The normalized spacial score (nSPS) is 19.5. The zero-order valence-electron chi connectivity index (χ0n) is 10.4. The van der Waals surface area contributed by atoms with E-state index in [1.807, 2.05) is 0 Å². The van der Waals surface area contributed by atoms with Crippen LogP contribution in [-0.2, 0) is 4.79 Å². The van der Waals surface area contributed by atoms with E-state index in [2.05, 4.69) is 26.1 Å². The molecule has 15 heavy (non-hydrogen) atoms. The van der Waals surface area contributed by atoms with Crippen molar-refractivity contribution in [2.24, 2.45) is 11.3 Å². The molecule has 88 valence electrons. The fourth-order valence-electron chi connectivity index (χ4n) is 2.41. The van der Waals surface area contributed by atoms with Crippen molar-refractivity contribution in [3.8, 4) is 0 Å². The zero-order valence-corrected chi connectivity index (χ0v) is 10.4. The molecule has 0 atom stereocenters. The van der Waals surface area contributed by atoms with E-state index < -0.39 is 0 Å². The van der Waals surface area contributed by atoms with Crippen molar-refractivity contribution in [2.75, 3.05) is 6.54 Å². The van der Waals surface area contributed by atoms with Crippen molar-refractivity contribution in [2.45, 2.75) is 59.3 Å². The summed E-state index contributed by atoms with van der Waals surface area (Å²) in [5.41, 5.74) is -0.0635. The molecule has 0 bridgehead atoms. The van der Waals surface area contributed by atoms with E-state index in [0.29, 0.717) is 5.92 Å². The maximum absolute atomic E-state index is 12.0. The highest BCUT2D eigenvalue weighted by molar-refractivity contribution is 5.82. The van der Waals surface area contributed by atoms with Crippen LogP contribution in [0, 0.1) is 11.3 Å². The lowest BCUT2D eigenvalue weighted by Gasteiger charge is -2.24. The molecule has 1 aliphatic rings. The molecular weight excluding hydrogens is 186 g/mol. The van der Waals surface area contributed by atoms with Gasteiger partial charge in [-0.3, -0.25) is 4.79 Å². The van der Waals surface area contributed by atoms with Crippen molar-refractivity contribution in [1.29, 1.82) is 0 Å². The highest BCUT2D eigenvalue weighted by Gasteiger charge is 2.35. The van der Waals surface area contributed by atoms with Gasteiger partial charge in [0.15, 0.2) is 0 Å². The van der Waals surface area contributed by atoms with Crippen LogP contribution in [0.1, 0.15) is 59.3 Å². The summed E-state index contributed by atoms with van der Waals surface area (Å²) in [6, 6.07) is 0. The van der Waals surface area contributed by atoms with Crippen LogP contribution in [0.5, 0.6) is 0 Å². The molecule has 0 saturated heterocycles. The van der Waals surface area contributed by atoms with Crippen molar-refractivity contribution in [1.82, 2.24) is 5.32 Å². The minimum absolute atomic E-state index is 0.0635. The molecule has 0 spiro atoms. The van der Waals surface area contributed by atoms with Gasteiger partial charge in [-0.2, -0.15) is 0 Å². The first-order chi connectivity index (χ1) is 7.12. The number of rotatable bonds is 5. The largest absolute Gasteiger partial charge is 0.355 e. The Kier molecular flexibility index (Phi) is 4.62. The molecule has 1 aliphatic carbocycles. The van der Waals surface area contributed by atoms with Gasteiger partial charge in [-0.1, -0.05) is 46.5 Å². The molecule has 0 heterocycles. The number of amides is 1. The molecule has 0 aliphatic heterocycles. The molecule has 1 N–H and O–H groups in total. The lowest BCUT2D eigenvalue weighted by Crippen LogP contribution is -2.39. The molecule has 0 aromatic heterocycles. The molecule has 1 fully saturated rings. The topological polar surface area (TPSA) is 29.1 Å². The first-order valence-electron chi connectivity index (χ1n) is 6.40. The minimum Gasteiger partial charge on any atom is -0.355 e. The first kappa shape index (κ1) is 12.5. The van der Waals surface area contributed by atoms with Gasteiger partial charge >= 0.3 is 0 Å². The van der Waals surface area contributed by atoms with Gasteiger partial charge in [0.1, 0.15) is 0 Å². The number of carbonyl (C=O) groups excluding carboxylic acids is 1. The Balaban J connectivity index is 2.35. The third-order valence-corrected chi connectivity index (χ3v) is 3.96. The summed E-state index contributed by atoms with van der Waals surface area (Å²) < 4.78 is 0. The van der Waals surface area contributed by atoms with E-state index >= 15 is 0 Å². The number of nitrogens with one attached hydrogen (secondary N) is 1. The summed E-state index contributed by atoms with van der Waals surface area (Å²) in [6.45, 7) is 7.36. The highest BCUT2D eigenvalue weighted by atomic mass is 16.2. The number of hydrogen-bond acceptors (Lipinski definition) is 1. The van der Waals surface area contributed by atoms with E-state index in [9.17, 15) is 4.79 Å². The van der Waals surface area contributed by atoms with Gasteiger partial charge in [0.2, 0.25) is 5.91 Å². The van der Waals surface area contributed by atoms with Gasteiger partial charge in [-0.05, 0) is 18.8 Å². The van der Waals surface area contributed by atoms with Crippen LogP contribution in [0.15, 0.2) is 0 Å². The van der Waals surface area contributed by atoms with Crippen LogP contribution in [0.2, 0.25) is 0 Å². The van der Waals surface area contributed by atoms with E-state index in [4.69, 9.17) is 0 Å². The van der Waals surface area contributed by atoms with Crippen molar-refractivity contribution < 1.29 is 4.79 Å². The smallest absolute Gasteiger partial charge is 0.225 e. The lowest BCUT2D eigenvalue weighted by molar-refractivity contribution is -0.130. The fourth-order valence-corrected chi connectivity index (χ4v) is 2.41. The van der Waals surface area contributed by atoms with Gasteiger partial charge in [-0.15, -0.1) is 0 Å². The van der Waals surface area contributed by atoms with Gasteiger partial charge in [0, 0.05) is 12.0 Å². The molecule has 2 nitrogen and oxygen atoms in total. The van der Waals surface area contributed by atoms with Crippen LogP contribution in [0.3, 0.4) is 0 Å².